The number of rotatable bonds is 0. The van der Waals surface area contributed by atoms with E-state index >= 15 is 0 Å². The lowest BCUT2D eigenvalue weighted by molar-refractivity contribution is -0.118. The predicted molar refractivity (Wildman–Crippen MR) is 86.4 cm³/mol. The molecule has 4 rings (SSSR count). The standard InChI is InChI=1S/C20H16O2/c21-15-10-9-13-5-1-4-8-17(13)20-18(12-15)16-7-3-2-6-14(16)11-19(20)22/h1-8H,9-12H2. The molecule has 0 spiro atoms. The summed E-state index contributed by atoms with van der Waals surface area (Å²) >= 11 is 0. The van der Waals surface area contributed by atoms with Crippen molar-refractivity contribution >= 4 is 22.7 Å². The van der Waals surface area contributed by atoms with Gasteiger partial charge < -0.3 is 0 Å². The molecular weight excluding hydrogens is 272 g/mol. The Kier molecular flexibility index (Phi) is 3.04. The summed E-state index contributed by atoms with van der Waals surface area (Å²) in [4.78, 5) is 25.0. The first-order chi connectivity index (χ1) is 10.7. The van der Waals surface area contributed by atoms with Crippen molar-refractivity contribution in [2.24, 2.45) is 0 Å². The van der Waals surface area contributed by atoms with Gasteiger partial charge in [-0.1, -0.05) is 48.5 Å². The van der Waals surface area contributed by atoms with E-state index in [9.17, 15) is 9.59 Å². The van der Waals surface area contributed by atoms with Crippen molar-refractivity contribution in [3.8, 4) is 0 Å². The van der Waals surface area contributed by atoms with Crippen molar-refractivity contribution in [1.29, 1.82) is 0 Å². The van der Waals surface area contributed by atoms with E-state index < -0.39 is 0 Å². The van der Waals surface area contributed by atoms with Crippen LogP contribution in [0.5, 0.6) is 0 Å². The van der Waals surface area contributed by atoms with Crippen LogP contribution in [-0.2, 0) is 22.4 Å². The molecule has 108 valence electrons. The number of Topliss-reactive ketones (excluding diaryl/α,β-unsaturated/α-hetero) is 2. The van der Waals surface area contributed by atoms with Crippen molar-refractivity contribution in [2.45, 2.75) is 25.7 Å². The molecule has 2 aromatic rings. The van der Waals surface area contributed by atoms with Crippen LogP contribution in [0.15, 0.2) is 48.5 Å². The van der Waals surface area contributed by atoms with Gasteiger partial charge in [0.2, 0.25) is 0 Å². The number of fused-ring (bicyclic) bond motifs is 4. The van der Waals surface area contributed by atoms with E-state index in [0.717, 1.165) is 39.8 Å². The molecule has 0 aromatic heterocycles. The first-order valence-electron chi connectivity index (χ1n) is 7.68. The molecule has 0 saturated heterocycles. The van der Waals surface area contributed by atoms with Crippen LogP contribution in [0.2, 0.25) is 0 Å². The number of benzene rings is 2. The van der Waals surface area contributed by atoms with Crippen LogP contribution in [0.25, 0.3) is 11.1 Å². The van der Waals surface area contributed by atoms with E-state index in [2.05, 4.69) is 0 Å². The topological polar surface area (TPSA) is 34.1 Å². The Bertz CT molecular complexity index is 827. The second kappa shape index (κ2) is 5.06. The molecule has 0 fully saturated rings. The summed E-state index contributed by atoms with van der Waals surface area (Å²) in [5.41, 5.74) is 5.92. The monoisotopic (exact) mass is 288 g/mol. The van der Waals surface area contributed by atoms with Gasteiger partial charge in [0.15, 0.2) is 5.78 Å². The third kappa shape index (κ3) is 2.03. The molecule has 0 unspecified atom stereocenters. The van der Waals surface area contributed by atoms with Gasteiger partial charge >= 0.3 is 0 Å². The minimum atomic E-state index is 0.135. The van der Waals surface area contributed by atoms with Gasteiger partial charge in [0, 0.05) is 24.8 Å². The number of ketones is 2. The molecule has 2 aromatic carbocycles. The summed E-state index contributed by atoms with van der Waals surface area (Å²) in [6.45, 7) is 0. The summed E-state index contributed by atoms with van der Waals surface area (Å²) in [5, 5.41) is 0. The molecule has 0 amide bonds. The van der Waals surface area contributed by atoms with Gasteiger partial charge in [0.1, 0.15) is 5.78 Å². The van der Waals surface area contributed by atoms with Crippen LogP contribution in [0.3, 0.4) is 0 Å². The van der Waals surface area contributed by atoms with Gasteiger partial charge in [-0.05, 0) is 34.2 Å². The third-order valence-corrected chi connectivity index (χ3v) is 4.61. The molecule has 0 aliphatic heterocycles. The van der Waals surface area contributed by atoms with Crippen molar-refractivity contribution in [1.82, 2.24) is 0 Å². The number of hydrogen-bond acceptors (Lipinski definition) is 2. The molecule has 0 heterocycles. The number of carbonyl (C=O) groups excluding carboxylic acids is 2. The highest BCUT2D eigenvalue weighted by molar-refractivity contribution is 6.31. The number of carbonyl (C=O) groups is 2. The maximum atomic E-state index is 12.8. The second-order valence-corrected chi connectivity index (χ2v) is 5.98. The first-order valence-corrected chi connectivity index (χ1v) is 7.68. The van der Waals surface area contributed by atoms with Gasteiger partial charge in [-0.15, -0.1) is 0 Å². The average Bonchev–Trinajstić information content (AvgIpc) is 2.52. The van der Waals surface area contributed by atoms with Crippen molar-refractivity contribution in [3.63, 3.8) is 0 Å². The highest BCUT2D eigenvalue weighted by Crippen LogP contribution is 2.39. The van der Waals surface area contributed by atoms with Gasteiger partial charge in [0.05, 0.1) is 0 Å². The number of hydrogen-bond donors (Lipinski definition) is 0. The largest absolute Gasteiger partial charge is 0.299 e. The fraction of sp³-hybridized carbons (Fsp3) is 0.200. The Balaban J connectivity index is 2.04. The summed E-state index contributed by atoms with van der Waals surface area (Å²) in [7, 11) is 0. The van der Waals surface area contributed by atoms with Crippen molar-refractivity contribution < 1.29 is 9.59 Å². The quantitative estimate of drug-likeness (QED) is 0.742. The van der Waals surface area contributed by atoms with Crippen molar-refractivity contribution in [2.75, 3.05) is 0 Å². The molecule has 0 N–H and O–H groups in total. The molecule has 2 aliphatic rings. The molecule has 2 aliphatic carbocycles. The van der Waals surface area contributed by atoms with E-state index in [-0.39, 0.29) is 11.6 Å². The van der Waals surface area contributed by atoms with Crippen LogP contribution in [0.4, 0.5) is 0 Å². The summed E-state index contributed by atoms with van der Waals surface area (Å²) in [6, 6.07) is 16.0. The van der Waals surface area contributed by atoms with Gasteiger partial charge in [-0.25, -0.2) is 0 Å². The molecule has 2 nitrogen and oxygen atoms in total. The Morgan fingerprint density at radius 3 is 2.18 bits per heavy atom. The van der Waals surface area contributed by atoms with Gasteiger partial charge in [0.25, 0.3) is 0 Å². The average molecular weight is 288 g/mol. The predicted octanol–water partition coefficient (Wildman–Crippen LogP) is 3.63. The Hall–Kier alpha value is -2.48. The molecule has 0 bridgehead atoms. The van der Waals surface area contributed by atoms with E-state index in [1.807, 2.05) is 48.5 Å². The van der Waals surface area contributed by atoms with Gasteiger partial charge in [-0.3, -0.25) is 9.59 Å². The fourth-order valence-electron chi connectivity index (χ4n) is 3.57. The number of allylic oxidation sites excluding steroid dienone is 2. The zero-order valence-corrected chi connectivity index (χ0v) is 12.3. The Morgan fingerprint density at radius 1 is 0.682 bits per heavy atom. The lowest BCUT2D eigenvalue weighted by Gasteiger charge is -2.25. The molecule has 0 atom stereocenters. The van der Waals surface area contributed by atoms with Crippen molar-refractivity contribution in [3.05, 3.63) is 70.8 Å². The minimum absolute atomic E-state index is 0.135. The zero-order chi connectivity index (χ0) is 15.1. The lowest BCUT2D eigenvalue weighted by Crippen LogP contribution is -2.19. The normalized spacial score (nSPS) is 17.3. The summed E-state index contributed by atoms with van der Waals surface area (Å²) in [5.74, 6) is 0.349. The molecule has 0 saturated carbocycles. The maximum absolute atomic E-state index is 12.8. The maximum Gasteiger partial charge on any atom is 0.168 e. The third-order valence-electron chi connectivity index (χ3n) is 4.61. The zero-order valence-electron chi connectivity index (χ0n) is 12.3. The molecule has 2 heteroatoms. The van der Waals surface area contributed by atoms with Gasteiger partial charge in [-0.2, -0.15) is 0 Å². The van der Waals surface area contributed by atoms with E-state index in [4.69, 9.17) is 0 Å². The van der Waals surface area contributed by atoms with E-state index in [1.54, 1.807) is 0 Å². The molecule has 22 heavy (non-hydrogen) atoms. The number of aryl methyl sites for hydroxylation is 1. The van der Waals surface area contributed by atoms with Crippen LogP contribution in [0.1, 0.15) is 35.1 Å². The fourth-order valence-corrected chi connectivity index (χ4v) is 3.57. The molecule has 0 radical (unpaired) electrons. The Morgan fingerprint density at radius 2 is 1.36 bits per heavy atom. The van der Waals surface area contributed by atoms with Crippen LogP contribution in [0, 0.1) is 0 Å². The minimum Gasteiger partial charge on any atom is -0.299 e. The van der Waals surface area contributed by atoms with Crippen LogP contribution < -0.4 is 0 Å². The highest BCUT2D eigenvalue weighted by atomic mass is 16.1. The first kappa shape index (κ1) is 13.2. The van der Waals surface area contributed by atoms with E-state index in [0.29, 0.717) is 19.3 Å². The second-order valence-electron chi connectivity index (χ2n) is 5.98. The lowest BCUT2D eigenvalue weighted by atomic mass is 9.77. The summed E-state index contributed by atoms with van der Waals surface area (Å²) < 4.78 is 0. The van der Waals surface area contributed by atoms with Crippen LogP contribution in [-0.4, -0.2) is 11.6 Å². The molecular formula is C20H16O2. The smallest absolute Gasteiger partial charge is 0.168 e. The SMILES string of the molecule is O=C1CCc2ccccc2C2=C(C1)c1ccccc1CC2=O. The van der Waals surface area contributed by atoms with Crippen LogP contribution >= 0.6 is 0 Å². The Labute approximate surface area is 129 Å². The summed E-state index contributed by atoms with van der Waals surface area (Å²) in [6.07, 6.45) is 2.06. The highest BCUT2D eigenvalue weighted by Gasteiger charge is 2.29. The van der Waals surface area contributed by atoms with E-state index in [1.165, 1.54) is 0 Å².